The first-order valence-electron chi connectivity index (χ1n) is 8.79. The maximum Gasteiger partial charge on any atom is 0.224 e. The lowest BCUT2D eigenvalue weighted by Gasteiger charge is -2.05. The number of hydrogen-bond acceptors (Lipinski definition) is 2. The SMILES string of the molecule is O=C(Cc1cn(Cc2ccc(F)cc2)c2ccccc12)NCc1cccs1. The summed E-state index contributed by atoms with van der Waals surface area (Å²) in [5.41, 5.74) is 3.09. The van der Waals surface area contributed by atoms with E-state index in [1.165, 1.54) is 12.1 Å². The lowest BCUT2D eigenvalue weighted by molar-refractivity contribution is -0.120. The molecule has 0 bridgehead atoms. The predicted molar refractivity (Wildman–Crippen MR) is 107 cm³/mol. The van der Waals surface area contributed by atoms with Gasteiger partial charge in [-0.2, -0.15) is 0 Å². The molecule has 4 rings (SSSR count). The van der Waals surface area contributed by atoms with Crippen LogP contribution in [0.15, 0.2) is 72.2 Å². The number of nitrogens with zero attached hydrogens (tertiary/aromatic N) is 1. The van der Waals surface area contributed by atoms with Crippen LogP contribution in [0.25, 0.3) is 10.9 Å². The molecular formula is C22H19FN2OS. The van der Waals surface area contributed by atoms with Crippen molar-refractivity contribution in [3.8, 4) is 0 Å². The number of para-hydroxylation sites is 1. The topological polar surface area (TPSA) is 34.0 Å². The molecule has 2 aromatic heterocycles. The van der Waals surface area contributed by atoms with Crippen LogP contribution < -0.4 is 5.32 Å². The summed E-state index contributed by atoms with van der Waals surface area (Å²) in [5, 5.41) is 6.06. The van der Waals surface area contributed by atoms with Gasteiger partial charge in [0.1, 0.15) is 5.82 Å². The van der Waals surface area contributed by atoms with Crippen LogP contribution in [0, 0.1) is 5.82 Å². The summed E-state index contributed by atoms with van der Waals surface area (Å²) in [6.07, 6.45) is 2.36. The van der Waals surface area contributed by atoms with Gasteiger partial charge in [-0.3, -0.25) is 4.79 Å². The van der Waals surface area contributed by atoms with Crippen LogP contribution in [0.1, 0.15) is 16.0 Å². The Morgan fingerprint density at radius 3 is 2.63 bits per heavy atom. The number of carbonyl (C=O) groups excluding carboxylic acids is 1. The molecule has 3 nitrogen and oxygen atoms in total. The van der Waals surface area contributed by atoms with E-state index >= 15 is 0 Å². The molecule has 0 spiro atoms. The Bertz CT molecular complexity index is 1050. The van der Waals surface area contributed by atoms with E-state index in [1.807, 2.05) is 48.0 Å². The highest BCUT2D eigenvalue weighted by Crippen LogP contribution is 2.23. The molecular weight excluding hydrogens is 359 g/mol. The minimum atomic E-state index is -0.237. The molecule has 0 saturated carbocycles. The largest absolute Gasteiger partial charge is 0.351 e. The molecule has 4 aromatic rings. The van der Waals surface area contributed by atoms with Crippen molar-refractivity contribution in [2.24, 2.45) is 0 Å². The van der Waals surface area contributed by atoms with Crippen molar-refractivity contribution in [1.29, 1.82) is 0 Å². The fourth-order valence-corrected chi connectivity index (χ4v) is 3.86. The van der Waals surface area contributed by atoms with Crippen molar-refractivity contribution >= 4 is 28.1 Å². The number of benzene rings is 2. The number of halogens is 1. The molecule has 1 amide bonds. The number of thiophene rings is 1. The predicted octanol–water partition coefficient (Wildman–Crippen LogP) is 4.75. The second kappa shape index (κ2) is 7.76. The average Bonchev–Trinajstić information content (AvgIpc) is 3.31. The molecule has 27 heavy (non-hydrogen) atoms. The normalized spacial score (nSPS) is 11.0. The molecule has 0 aliphatic heterocycles. The summed E-state index contributed by atoms with van der Waals surface area (Å²) < 4.78 is 15.3. The van der Waals surface area contributed by atoms with Crippen molar-refractivity contribution in [3.05, 3.63) is 94.1 Å². The first kappa shape index (κ1) is 17.5. The van der Waals surface area contributed by atoms with Crippen molar-refractivity contribution in [2.45, 2.75) is 19.5 Å². The molecule has 0 atom stereocenters. The molecule has 2 heterocycles. The third-order valence-electron chi connectivity index (χ3n) is 4.53. The second-order valence-corrected chi connectivity index (χ2v) is 7.49. The smallest absolute Gasteiger partial charge is 0.224 e. The molecule has 0 aliphatic rings. The minimum Gasteiger partial charge on any atom is -0.351 e. The number of amides is 1. The van der Waals surface area contributed by atoms with Crippen LogP contribution in [0.3, 0.4) is 0 Å². The lowest BCUT2D eigenvalue weighted by Crippen LogP contribution is -2.24. The number of fused-ring (bicyclic) bond motifs is 1. The fourth-order valence-electron chi connectivity index (χ4n) is 3.22. The summed E-state index contributed by atoms with van der Waals surface area (Å²) in [6.45, 7) is 1.20. The van der Waals surface area contributed by atoms with Gasteiger partial charge >= 0.3 is 0 Å². The molecule has 0 fully saturated rings. The molecule has 136 valence electrons. The number of hydrogen-bond donors (Lipinski definition) is 1. The van der Waals surface area contributed by atoms with Gasteiger partial charge in [0.05, 0.1) is 13.0 Å². The number of aromatic nitrogens is 1. The molecule has 0 unspecified atom stereocenters. The Balaban J connectivity index is 1.54. The molecule has 2 aromatic carbocycles. The quantitative estimate of drug-likeness (QED) is 0.516. The zero-order valence-corrected chi connectivity index (χ0v) is 15.5. The Hall–Kier alpha value is -2.92. The van der Waals surface area contributed by atoms with Gasteiger partial charge in [-0.25, -0.2) is 4.39 Å². The van der Waals surface area contributed by atoms with Gasteiger partial charge in [0, 0.05) is 28.5 Å². The summed E-state index contributed by atoms with van der Waals surface area (Å²) in [6, 6.07) is 18.6. The summed E-state index contributed by atoms with van der Waals surface area (Å²) in [7, 11) is 0. The van der Waals surface area contributed by atoms with Gasteiger partial charge < -0.3 is 9.88 Å². The van der Waals surface area contributed by atoms with Crippen molar-refractivity contribution in [2.75, 3.05) is 0 Å². The van der Waals surface area contributed by atoms with Gasteiger partial charge in [0.2, 0.25) is 5.91 Å². The Kier molecular flexibility index (Phi) is 5.03. The number of carbonyl (C=O) groups is 1. The molecule has 1 N–H and O–H groups in total. The Morgan fingerprint density at radius 1 is 1.04 bits per heavy atom. The van der Waals surface area contributed by atoms with E-state index in [-0.39, 0.29) is 11.7 Å². The average molecular weight is 378 g/mol. The molecule has 0 radical (unpaired) electrons. The standard InChI is InChI=1S/C22H19FN2OS/c23-18-9-7-16(8-10-18)14-25-15-17(20-5-1-2-6-21(20)25)12-22(26)24-13-19-4-3-11-27-19/h1-11,15H,12-14H2,(H,24,26). The summed E-state index contributed by atoms with van der Waals surface area (Å²) in [4.78, 5) is 13.5. The van der Waals surface area contributed by atoms with Crippen LogP contribution in [0.5, 0.6) is 0 Å². The monoisotopic (exact) mass is 378 g/mol. The van der Waals surface area contributed by atoms with Gasteiger partial charge in [0.25, 0.3) is 0 Å². The Labute approximate surface area is 161 Å². The third kappa shape index (κ3) is 4.09. The highest BCUT2D eigenvalue weighted by molar-refractivity contribution is 7.09. The van der Waals surface area contributed by atoms with Gasteiger partial charge in [-0.1, -0.05) is 36.4 Å². The third-order valence-corrected chi connectivity index (χ3v) is 5.40. The first-order valence-corrected chi connectivity index (χ1v) is 9.67. The second-order valence-electron chi connectivity index (χ2n) is 6.46. The minimum absolute atomic E-state index is 0.00749. The van der Waals surface area contributed by atoms with Crippen LogP contribution >= 0.6 is 11.3 Å². The van der Waals surface area contributed by atoms with E-state index in [1.54, 1.807) is 23.5 Å². The Morgan fingerprint density at radius 2 is 1.85 bits per heavy atom. The van der Waals surface area contributed by atoms with Crippen molar-refractivity contribution in [1.82, 2.24) is 9.88 Å². The highest BCUT2D eigenvalue weighted by atomic mass is 32.1. The van der Waals surface area contributed by atoms with Crippen molar-refractivity contribution < 1.29 is 9.18 Å². The first-order chi connectivity index (χ1) is 13.2. The maximum atomic E-state index is 13.1. The number of rotatable bonds is 6. The maximum absolute atomic E-state index is 13.1. The molecule has 0 aliphatic carbocycles. The van der Waals surface area contributed by atoms with E-state index in [2.05, 4.69) is 9.88 Å². The van der Waals surface area contributed by atoms with E-state index < -0.39 is 0 Å². The van der Waals surface area contributed by atoms with E-state index in [9.17, 15) is 9.18 Å². The highest BCUT2D eigenvalue weighted by Gasteiger charge is 2.12. The van der Waals surface area contributed by atoms with Crippen LogP contribution in [-0.2, 0) is 24.3 Å². The van der Waals surface area contributed by atoms with Crippen molar-refractivity contribution in [3.63, 3.8) is 0 Å². The van der Waals surface area contributed by atoms with Crippen LogP contribution in [0.4, 0.5) is 4.39 Å². The zero-order chi connectivity index (χ0) is 18.6. The van der Waals surface area contributed by atoms with Gasteiger partial charge in [-0.05, 0) is 40.8 Å². The molecule has 0 saturated heterocycles. The summed E-state index contributed by atoms with van der Waals surface area (Å²) in [5.74, 6) is -0.229. The van der Waals surface area contributed by atoms with E-state index in [4.69, 9.17) is 0 Å². The van der Waals surface area contributed by atoms with E-state index in [0.29, 0.717) is 19.5 Å². The summed E-state index contributed by atoms with van der Waals surface area (Å²) >= 11 is 1.63. The zero-order valence-electron chi connectivity index (χ0n) is 14.7. The van der Waals surface area contributed by atoms with Gasteiger partial charge in [-0.15, -0.1) is 11.3 Å². The van der Waals surface area contributed by atoms with E-state index in [0.717, 1.165) is 26.9 Å². The lowest BCUT2D eigenvalue weighted by atomic mass is 10.1. The fraction of sp³-hybridized carbons (Fsp3) is 0.136. The molecule has 5 heteroatoms. The van der Waals surface area contributed by atoms with Gasteiger partial charge in [0.15, 0.2) is 0 Å². The van der Waals surface area contributed by atoms with Crippen LogP contribution in [0.2, 0.25) is 0 Å². The number of nitrogens with one attached hydrogen (secondary N) is 1. The van der Waals surface area contributed by atoms with Crippen LogP contribution in [-0.4, -0.2) is 10.5 Å².